The van der Waals surface area contributed by atoms with Crippen LogP contribution in [-0.4, -0.2) is 47.2 Å². The van der Waals surface area contributed by atoms with Crippen molar-refractivity contribution in [1.82, 2.24) is 9.80 Å². The van der Waals surface area contributed by atoms with Gasteiger partial charge in [0.1, 0.15) is 0 Å². The van der Waals surface area contributed by atoms with Gasteiger partial charge in [0.15, 0.2) is 0 Å². The van der Waals surface area contributed by atoms with E-state index in [4.69, 9.17) is 11.6 Å². The van der Waals surface area contributed by atoms with Crippen molar-refractivity contribution in [3.8, 4) is 0 Å². The Kier molecular flexibility index (Phi) is 6.28. The van der Waals surface area contributed by atoms with E-state index in [1.54, 1.807) is 28.0 Å². The fourth-order valence-corrected chi connectivity index (χ4v) is 4.31. The van der Waals surface area contributed by atoms with Crippen molar-refractivity contribution in [2.75, 3.05) is 25.0 Å². The van der Waals surface area contributed by atoms with Gasteiger partial charge in [0.2, 0.25) is 11.8 Å². The number of nitrogens with zero attached hydrogens (tertiary/aromatic N) is 2. The monoisotopic (exact) mass is 439 g/mol. The summed E-state index contributed by atoms with van der Waals surface area (Å²) in [4.78, 5) is 41.8. The first kappa shape index (κ1) is 21.4. The molecule has 7 heteroatoms. The number of rotatable bonds is 5. The Morgan fingerprint density at radius 3 is 2.52 bits per heavy atom. The molecule has 2 saturated heterocycles. The van der Waals surface area contributed by atoms with Crippen molar-refractivity contribution in [3.63, 3.8) is 0 Å². The normalized spacial score (nSPS) is 18.5. The number of anilines is 1. The van der Waals surface area contributed by atoms with E-state index in [-0.39, 0.29) is 24.1 Å². The number of halogens is 1. The molecule has 2 aromatic carbocycles. The average molecular weight is 440 g/mol. The Labute approximate surface area is 187 Å². The van der Waals surface area contributed by atoms with Gasteiger partial charge in [-0.05, 0) is 43.5 Å². The lowest BCUT2D eigenvalue weighted by Crippen LogP contribution is -2.30. The van der Waals surface area contributed by atoms with Crippen molar-refractivity contribution in [2.24, 2.45) is 5.92 Å². The summed E-state index contributed by atoms with van der Waals surface area (Å²) in [6.07, 6.45) is 2.13. The van der Waals surface area contributed by atoms with Crippen LogP contribution in [0.3, 0.4) is 0 Å². The molecule has 0 aromatic heterocycles. The van der Waals surface area contributed by atoms with E-state index >= 15 is 0 Å². The summed E-state index contributed by atoms with van der Waals surface area (Å²) < 4.78 is 0. The Bertz CT molecular complexity index is 1000. The highest BCUT2D eigenvalue weighted by Gasteiger charge is 2.35. The fraction of sp³-hybridized carbons (Fsp3) is 0.375. The zero-order valence-electron chi connectivity index (χ0n) is 17.6. The lowest BCUT2D eigenvalue weighted by molar-refractivity contribution is -0.128. The van der Waals surface area contributed by atoms with Gasteiger partial charge < -0.3 is 15.1 Å². The molecule has 4 rings (SSSR count). The van der Waals surface area contributed by atoms with Gasteiger partial charge in [0.25, 0.3) is 5.91 Å². The molecule has 0 bridgehead atoms. The van der Waals surface area contributed by atoms with Crippen LogP contribution >= 0.6 is 11.6 Å². The predicted octanol–water partition coefficient (Wildman–Crippen LogP) is 3.87. The molecule has 6 nitrogen and oxygen atoms in total. The third-order valence-electron chi connectivity index (χ3n) is 5.94. The van der Waals surface area contributed by atoms with Crippen molar-refractivity contribution in [2.45, 2.75) is 32.7 Å². The van der Waals surface area contributed by atoms with Gasteiger partial charge in [-0.15, -0.1) is 0 Å². The van der Waals surface area contributed by atoms with Crippen LogP contribution < -0.4 is 5.32 Å². The van der Waals surface area contributed by atoms with E-state index in [2.05, 4.69) is 5.32 Å². The number of hydrogen-bond acceptors (Lipinski definition) is 3. The Morgan fingerprint density at radius 2 is 1.81 bits per heavy atom. The third-order valence-corrected chi connectivity index (χ3v) is 6.18. The highest BCUT2D eigenvalue weighted by molar-refractivity contribution is 6.31. The molecule has 31 heavy (non-hydrogen) atoms. The van der Waals surface area contributed by atoms with Gasteiger partial charge in [0, 0.05) is 37.6 Å². The fourth-order valence-electron chi connectivity index (χ4n) is 4.14. The van der Waals surface area contributed by atoms with Gasteiger partial charge in [-0.2, -0.15) is 0 Å². The standard InChI is InChI=1S/C24H26ClN3O3/c1-16-4-6-17(7-5-16)14-28-15-18(12-22(28)29)23(30)26-21-9-8-19(25)13-20(21)24(31)27-10-2-3-11-27/h4-9,13,18H,2-3,10-12,14-15H2,1H3,(H,26,30). The van der Waals surface area contributed by atoms with Crippen LogP contribution in [0.25, 0.3) is 0 Å². The zero-order valence-corrected chi connectivity index (χ0v) is 18.3. The molecule has 1 unspecified atom stereocenters. The van der Waals surface area contributed by atoms with Crippen LogP contribution in [0.2, 0.25) is 5.02 Å². The van der Waals surface area contributed by atoms with E-state index in [9.17, 15) is 14.4 Å². The molecule has 2 aromatic rings. The maximum Gasteiger partial charge on any atom is 0.256 e. The molecule has 3 amide bonds. The van der Waals surface area contributed by atoms with Gasteiger partial charge in [-0.1, -0.05) is 41.4 Å². The summed E-state index contributed by atoms with van der Waals surface area (Å²) in [7, 11) is 0. The highest BCUT2D eigenvalue weighted by Crippen LogP contribution is 2.27. The van der Waals surface area contributed by atoms with Crippen molar-refractivity contribution in [1.29, 1.82) is 0 Å². The third kappa shape index (κ3) is 4.90. The topological polar surface area (TPSA) is 69.7 Å². The summed E-state index contributed by atoms with van der Waals surface area (Å²) in [6, 6.07) is 12.9. The number of carbonyl (C=O) groups excluding carboxylic acids is 3. The van der Waals surface area contributed by atoms with Gasteiger partial charge in [-0.3, -0.25) is 14.4 Å². The first-order valence-electron chi connectivity index (χ1n) is 10.6. The Hall–Kier alpha value is -2.86. The number of nitrogens with one attached hydrogen (secondary N) is 1. The molecule has 2 aliphatic rings. The van der Waals surface area contributed by atoms with E-state index in [0.29, 0.717) is 42.5 Å². The molecule has 2 fully saturated rings. The first-order chi connectivity index (χ1) is 14.9. The minimum atomic E-state index is -0.455. The molecule has 2 aliphatic heterocycles. The van der Waals surface area contributed by atoms with E-state index in [1.807, 2.05) is 31.2 Å². The van der Waals surface area contributed by atoms with Gasteiger partial charge in [0.05, 0.1) is 17.2 Å². The highest BCUT2D eigenvalue weighted by atomic mass is 35.5. The lowest BCUT2D eigenvalue weighted by atomic mass is 10.1. The second kappa shape index (κ2) is 9.10. The molecular weight excluding hydrogens is 414 g/mol. The van der Waals surface area contributed by atoms with Crippen molar-refractivity contribution >= 4 is 35.0 Å². The van der Waals surface area contributed by atoms with Crippen LogP contribution in [-0.2, 0) is 16.1 Å². The molecule has 162 valence electrons. The van der Waals surface area contributed by atoms with Gasteiger partial charge >= 0.3 is 0 Å². The summed E-state index contributed by atoms with van der Waals surface area (Å²) in [6.45, 7) is 4.29. The minimum Gasteiger partial charge on any atom is -0.339 e. The molecule has 0 spiro atoms. The second-order valence-corrected chi connectivity index (χ2v) is 8.78. The Balaban J connectivity index is 1.44. The largest absolute Gasteiger partial charge is 0.339 e. The van der Waals surface area contributed by atoms with Crippen molar-refractivity contribution in [3.05, 3.63) is 64.2 Å². The van der Waals surface area contributed by atoms with E-state index < -0.39 is 5.92 Å². The maximum absolute atomic E-state index is 12.9. The Morgan fingerprint density at radius 1 is 1.10 bits per heavy atom. The van der Waals surface area contributed by atoms with E-state index in [0.717, 1.165) is 24.0 Å². The number of amides is 3. The van der Waals surface area contributed by atoms with Crippen LogP contribution in [0.15, 0.2) is 42.5 Å². The second-order valence-electron chi connectivity index (χ2n) is 8.34. The smallest absolute Gasteiger partial charge is 0.256 e. The zero-order chi connectivity index (χ0) is 22.0. The van der Waals surface area contributed by atoms with Crippen LogP contribution in [0, 0.1) is 12.8 Å². The molecule has 0 saturated carbocycles. The average Bonchev–Trinajstić information content (AvgIpc) is 3.41. The summed E-state index contributed by atoms with van der Waals surface area (Å²) in [5, 5.41) is 3.32. The molecular formula is C24H26ClN3O3. The summed E-state index contributed by atoms with van der Waals surface area (Å²) in [5.41, 5.74) is 3.03. The molecule has 1 N–H and O–H groups in total. The summed E-state index contributed by atoms with van der Waals surface area (Å²) >= 11 is 6.12. The number of carbonyl (C=O) groups is 3. The minimum absolute atomic E-state index is 0.0369. The van der Waals surface area contributed by atoms with Gasteiger partial charge in [-0.25, -0.2) is 0 Å². The van der Waals surface area contributed by atoms with Crippen LogP contribution in [0.5, 0.6) is 0 Å². The SMILES string of the molecule is Cc1ccc(CN2CC(C(=O)Nc3ccc(Cl)cc3C(=O)N3CCCC3)CC2=O)cc1. The van der Waals surface area contributed by atoms with Crippen LogP contribution in [0.1, 0.15) is 40.7 Å². The number of aryl methyl sites for hydroxylation is 1. The summed E-state index contributed by atoms with van der Waals surface area (Å²) in [5.74, 6) is -0.870. The number of benzene rings is 2. The molecule has 1 atom stereocenters. The molecule has 0 radical (unpaired) electrons. The molecule has 2 heterocycles. The maximum atomic E-state index is 12.9. The predicted molar refractivity (Wildman–Crippen MR) is 120 cm³/mol. The first-order valence-corrected chi connectivity index (χ1v) is 11.0. The van der Waals surface area contributed by atoms with Crippen molar-refractivity contribution < 1.29 is 14.4 Å². The number of likely N-dealkylation sites (tertiary alicyclic amines) is 2. The molecule has 0 aliphatic carbocycles. The number of hydrogen-bond donors (Lipinski definition) is 1. The lowest BCUT2D eigenvalue weighted by Gasteiger charge is -2.19. The van der Waals surface area contributed by atoms with E-state index in [1.165, 1.54) is 0 Å². The quantitative estimate of drug-likeness (QED) is 0.768. The van der Waals surface area contributed by atoms with Crippen LogP contribution in [0.4, 0.5) is 5.69 Å².